The Kier molecular flexibility index (Phi) is 4.26. The zero-order chi connectivity index (χ0) is 12.4. The van der Waals surface area contributed by atoms with Gasteiger partial charge in [0.15, 0.2) is 0 Å². The van der Waals surface area contributed by atoms with Crippen LogP contribution < -0.4 is 0 Å². The highest BCUT2D eigenvalue weighted by molar-refractivity contribution is 9.11. The van der Waals surface area contributed by atoms with E-state index in [0.29, 0.717) is 5.02 Å². The fourth-order valence-electron chi connectivity index (χ4n) is 1.60. The molecule has 0 aliphatic carbocycles. The van der Waals surface area contributed by atoms with Crippen molar-refractivity contribution in [1.82, 2.24) is 0 Å². The number of aliphatic hydroxyl groups excluding tert-OH is 1. The van der Waals surface area contributed by atoms with Gasteiger partial charge in [-0.3, -0.25) is 0 Å². The van der Waals surface area contributed by atoms with Crippen LogP contribution in [-0.2, 0) is 6.42 Å². The summed E-state index contributed by atoms with van der Waals surface area (Å²) in [6, 6.07) is 9.82. The molecule has 1 nitrogen and oxygen atoms in total. The summed E-state index contributed by atoms with van der Waals surface area (Å²) in [6.45, 7) is 2.11. The van der Waals surface area contributed by atoms with Crippen LogP contribution in [0.5, 0.6) is 0 Å². The highest BCUT2D eigenvalue weighted by Gasteiger charge is 2.15. The van der Waals surface area contributed by atoms with Crippen LogP contribution in [0.1, 0.15) is 29.0 Å². The monoisotopic (exact) mass is 330 g/mol. The second kappa shape index (κ2) is 5.53. The molecule has 1 N–H and O–H groups in total. The maximum atomic E-state index is 10.2. The maximum Gasteiger partial charge on any atom is 0.113 e. The summed E-state index contributed by atoms with van der Waals surface area (Å²) in [7, 11) is 0. The van der Waals surface area contributed by atoms with E-state index in [2.05, 4.69) is 22.9 Å². The first kappa shape index (κ1) is 13.1. The summed E-state index contributed by atoms with van der Waals surface area (Å²) in [5, 5.41) is 10.9. The highest BCUT2D eigenvalue weighted by Crippen LogP contribution is 2.37. The Balaban J connectivity index is 2.26. The largest absolute Gasteiger partial charge is 0.383 e. The van der Waals surface area contributed by atoms with Crippen LogP contribution in [0.15, 0.2) is 34.1 Å². The van der Waals surface area contributed by atoms with Crippen molar-refractivity contribution in [3.8, 4) is 0 Å². The predicted molar refractivity (Wildman–Crippen MR) is 76.9 cm³/mol. The molecule has 0 saturated heterocycles. The molecule has 4 heteroatoms. The molecule has 0 aliphatic rings. The van der Waals surface area contributed by atoms with Gasteiger partial charge in [-0.2, -0.15) is 0 Å². The zero-order valence-corrected chi connectivity index (χ0v) is 12.4. The lowest BCUT2D eigenvalue weighted by atomic mass is 10.0. The van der Waals surface area contributed by atoms with Crippen LogP contribution >= 0.6 is 38.9 Å². The van der Waals surface area contributed by atoms with E-state index >= 15 is 0 Å². The third-order valence-corrected chi connectivity index (χ3v) is 5.16. The summed E-state index contributed by atoms with van der Waals surface area (Å²) < 4.78 is 0.860. The van der Waals surface area contributed by atoms with E-state index in [4.69, 9.17) is 11.6 Å². The molecule has 0 bridgehead atoms. The summed E-state index contributed by atoms with van der Waals surface area (Å²) in [5.41, 5.74) is 2.17. The van der Waals surface area contributed by atoms with E-state index in [0.717, 1.165) is 20.6 Å². The van der Waals surface area contributed by atoms with Crippen LogP contribution in [0.2, 0.25) is 5.02 Å². The van der Waals surface area contributed by atoms with Gasteiger partial charge in [-0.1, -0.05) is 42.8 Å². The fourth-order valence-corrected chi connectivity index (χ4v) is 3.36. The molecule has 90 valence electrons. The minimum atomic E-state index is -0.602. The van der Waals surface area contributed by atoms with E-state index in [1.165, 1.54) is 16.9 Å². The third kappa shape index (κ3) is 2.91. The summed E-state index contributed by atoms with van der Waals surface area (Å²) in [6.07, 6.45) is 0.405. The quantitative estimate of drug-likeness (QED) is 0.856. The first-order valence-electron chi connectivity index (χ1n) is 5.33. The molecular weight excluding hydrogens is 320 g/mol. The number of benzene rings is 1. The molecular formula is C13H12BrClOS. The molecule has 1 aromatic heterocycles. The van der Waals surface area contributed by atoms with Gasteiger partial charge in [0.1, 0.15) is 6.10 Å². The Morgan fingerprint density at radius 2 is 2.00 bits per heavy atom. The minimum absolute atomic E-state index is 0.602. The van der Waals surface area contributed by atoms with Gasteiger partial charge in [-0.15, -0.1) is 11.3 Å². The molecule has 2 rings (SSSR count). The van der Waals surface area contributed by atoms with Crippen molar-refractivity contribution >= 4 is 38.9 Å². The Hall–Kier alpha value is -0.350. The van der Waals surface area contributed by atoms with Crippen molar-refractivity contribution in [2.24, 2.45) is 0 Å². The minimum Gasteiger partial charge on any atom is -0.383 e. The summed E-state index contributed by atoms with van der Waals surface area (Å²) in [4.78, 5) is 0.853. The van der Waals surface area contributed by atoms with E-state index in [9.17, 15) is 5.11 Å². The Morgan fingerprint density at radius 3 is 2.47 bits per heavy atom. The molecule has 17 heavy (non-hydrogen) atoms. The molecule has 0 aliphatic heterocycles. The van der Waals surface area contributed by atoms with Gasteiger partial charge in [-0.25, -0.2) is 0 Å². The predicted octanol–water partition coefficient (Wildman–Crippen LogP) is 4.81. The van der Waals surface area contributed by atoms with Gasteiger partial charge < -0.3 is 5.11 Å². The molecule has 1 aromatic carbocycles. The molecule has 0 radical (unpaired) electrons. The average molecular weight is 332 g/mol. The number of hydrogen-bond acceptors (Lipinski definition) is 2. The van der Waals surface area contributed by atoms with E-state index in [1.807, 2.05) is 24.3 Å². The van der Waals surface area contributed by atoms with Gasteiger partial charge in [0.2, 0.25) is 0 Å². The van der Waals surface area contributed by atoms with Crippen molar-refractivity contribution < 1.29 is 5.11 Å². The standard InChI is InChI=1S/C13H12BrClOS/c1-2-8-3-5-9(6-4-8)12(16)11-7-10(15)13(14)17-11/h3-7,12,16H,2H2,1H3. The maximum absolute atomic E-state index is 10.2. The van der Waals surface area contributed by atoms with Crippen molar-refractivity contribution in [1.29, 1.82) is 0 Å². The molecule has 0 saturated carbocycles. The van der Waals surface area contributed by atoms with Crippen molar-refractivity contribution in [3.05, 3.63) is 55.1 Å². The van der Waals surface area contributed by atoms with Crippen LogP contribution in [0.4, 0.5) is 0 Å². The number of aryl methyl sites for hydroxylation is 1. The smallest absolute Gasteiger partial charge is 0.113 e. The fraction of sp³-hybridized carbons (Fsp3) is 0.231. The first-order valence-corrected chi connectivity index (χ1v) is 7.32. The molecule has 0 spiro atoms. The van der Waals surface area contributed by atoms with Crippen molar-refractivity contribution in [2.75, 3.05) is 0 Å². The molecule has 1 unspecified atom stereocenters. The van der Waals surface area contributed by atoms with Gasteiger partial charge in [0.25, 0.3) is 0 Å². The summed E-state index contributed by atoms with van der Waals surface area (Å²) in [5.74, 6) is 0. The number of rotatable bonds is 3. The molecule has 1 atom stereocenters. The lowest BCUT2D eigenvalue weighted by Crippen LogP contribution is -1.96. The summed E-state index contributed by atoms with van der Waals surface area (Å²) >= 11 is 10.8. The number of aliphatic hydroxyl groups is 1. The number of halogens is 2. The Labute approximate surface area is 118 Å². The molecule has 0 fully saturated rings. The molecule has 0 amide bonds. The number of thiophene rings is 1. The second-order valence-electron chi connectivity index (χ2n) is 3.77. The van der Waals surface area contributed by atoms with Crippen LogP contribution in [0.25, 0.3) is 0 Å². The van der Waals surface area contributed by atoms with Gasteiger partial charge >= 0.3 is 0 Å². The van der Waals surface area contributed by atoms with Crippen LogP contribution in [0, 0.1) is 0 Å². The Morgan fingerprint density at radius 1 is 1.35 bits per heavy atom. The third-order valence-electron chi connectivity index (χ3n) is 2.64. The van der Waals surface area contributed by atoms with Gasteiger partial charge in [-0.05, 0) is 39.5 Å². The lowest BCUT2D eigenvalue weighted by molar-refractivity contribution is 0.224. The van der Waals surface area contributed by atoms with Crippen LogP contribution in [-0.4, -0.2) is 5.11 Å². The van der Waals surface area contributed by atoms with E-state index in [-0.39, 0.29) is 0 Å². The highest BCUT2D eigenvalue weighted by atomic mass is 79.9. The van der Waals surface area contributed by atoms with E-state index in [1.54, 1.807) is 6.07 Å². The van der Waals surface area contributed by atoms with Gasteiger partial charge in [0, 0.05) is 4.88 Å². The average Bonchev–Trinajstić information content (AvgIpc) is 2.69. The first-order chi connectivity index (χ1) is 8.11. The number of hydrogen-bond donors (Lipinski definition) is 1. The van der Waals surface area contributed by atoms with Crippen LogP contribution in [0.3, 0.4) is 0 Å². The van der Waals surface area contributed by atoms with E-state index < -0.39 is 6.10 Å². The van der Waals surface area contributed by atoms with Crippen molar-refractivity contribution in [3.63, 3.8) is 0 Å². The normalized spacial score (nSPS) is 12.7. The lowest BCUT2D eigenvalue weighted by Gasteiger charge is -2.09. The van der Waals surface area contributed by atoms with Gasteiger partial charge in [0.05, 0.1) is 8.81 Å². The topological polar surface area (TPSA) is 20.2 Å². The SMILES string of the molecule is CCc1ccc(C(O)c2cc(Cl)c(Br)s2)cc1. The molecule has 1 heterocycles. The molecule has 2 aromatic rings. The van der Waals surface area contributed by atoms with Crippen molar-refractivity contribution in [2.45, 2.75) is 19.4 Å². The second-order valence-corrected chi connectivity index (χ2v) is 6.58. The Bertz CT molecular complexity index is 487. The zero-order valence-electron chi connectivity index (χ0n) is 9.28.